The number of nitrogens with zero attached hydrogens (tertiary/aromatic N) is 2. The standard InChI is InChI=1S/C62H51BN2/c1-40-24-34-53-56(36-40)65(48-30-25-43(26-31-48)41-16-9-7-10-17-41)58-39-46(61(2,3)4)38-57-60(58)63(53)54-37-45(42-18-11-8-12-19-42)29-35-55(54)64(57)47-32-27-44(28-33-47)49-21-15-22-51-50-20-13-14-23-52(50)62(5,6)59(49)51/h7-39H,1-6H3. The number of benzene rings is 9. The molecule has 0 spiro atoms. The molecule has 0 saturated carbocycles. The van der Waals surface area contributed by atoms with Gasteiger partial charge in [0.25, 0.3) is 6.71 Å². The summed E-state index contributed by atoms with van der Waals surface area (Å²) in [5.74, 6) is 0. The van der Waals surface area contributed by atoms with Crippen LogP contribution in [0.4, 0.5) is 34.1 Å². The van der Waals surface area contributed by atoms with Crippen LogP contribution in [0.15, 0.2) is 200 Å². The van der Waals surface area contributed by atoms with Gasteiger partial charge < -0.3 is 9.80 Å². The average molecular weight is 835 g/mol. The summed E-state index contributed by atoms with van der Waals surface area (Å²) in [4.78, 5) is 5.11. The largest absolute Gasteiger partial charge is 0.311 e. The van der Waals surface area contributed by atoms with Gasteiger partial charge in [0.1, 0.15) is 0 Å². The molecule has 9 aromatic carbocycles. The molecule has 0 aromatic heterocycles. The van der Waals surface area contributed by atoms with Gasteiger partial charge in [-0.05, 0) is 144 Å². The van der Waals surface area contributed by atoms with Crippen molar-refractivity contribution in [2.45, 2.75) is 52.4 Å². The molecule has 2 heterocycles. The fourth-order valence-electron chi connectivity index (χ4n) is 11.2. The summed E-state index contributed by atoms with van der Waals surface area (Å²) in [6.45, 7) is 14.0. The molecular weight excluding hydrogens is 784 g/mol. The minimum absolute atomic E-state index is 0.0226. The molecule has 0 amide bonds. The van der Waals surface area contributed by atoms with Crippen LogP contribution >= 0.6 is 0 Å². The molecule has 1 aliphatic carbocycles. The summed E-state index contributed by atoms with van der Waals surface area (Å²) in [5, 5.41) is 0. The normalized spacial score (nSPS) is 14.0. The average Bonchev–Trinajstić information content (AvgIpc) is 3.57. The van der Waals surface area contributed by atoms with Gasteiger partial charge in [-0.1, -0.05) is 186 Å². The first-order chi connectivity index (χ1) is 31.5. The monoisotopic (exact) mass is 834 g/mol. The molecule has 0 N–H and O–H groups in total. The topological polar surface area (TPSA) is 6.48 Å². The van der Waals surface area contributed by atoms with Crippen molar-refractivity contribution in [3.05, 3.63) is 222 Å². The SMILES string of the molecule is Cc1ccc2c(c1)N(c1ccc(-c3ccccc3)cc1)c1cc(C(C)(C)C)cc3c1B2c1cc(-c2ccccc2)ccc1N3c1ccc(-c2cccc3c2C(C)(C)c2ccccc2-3)cc1. The molecule has 0 unspecified atom stereocenters. The van der Waals surface area contributed by atoms with Crippen LogP contribution in [0.3, 0.4) is 0 Å². The van der Waals surface area contributed by atoms with Gasteiger partial charge in [-0.3, -0.25) is 0 Å². The Morgan fingerprint density at radius 1 is 0.415 bits per heavy atom. The summed E-state index contributed by atoms with van der Waals surface area (Å²) in [6.07, 6.45) is 0. The van der Waals surface area contributed by atoms with Crippen LogP contribution in [-0.4, -0.2) is 6.71 Å². The molecule has 0 radical (unpaired) electrons. The summed E-state index contributed by atoms with van der Waals surface area (Å²) in [6, 6.07) is 75.2. The van der Waals surface area contributed by atoms with Crippen LogP contribution in [0.5, 0.6) is 0 Å². The van der Waals surface area contributed by atoms with Gasteiger partial charge in [0.05, 0.1) is 0 Å². The Bertz CT molecular complexity index is 3320. The van der Waals surface area contributed by atoms with E-state index in [2.05, 4.69) is 252 Å². The van der Waals surface area contributed by atoms with E-state index < -0.39 is 0 Å². The molecule has 312 valence electrons. The van der Waals surface area contributed by atoms with Crippen LogP contribution in [0.2, 0.25) is 0 Å². The Morgan fingerprint density at radius 2 is 0.954 bits per heavy atom. The third-order valence-corrected chi connectivity index (χ3v) is 14.4. The number of anilines is 6. The summed E-state index contributed by atoms with van der Waals surface area (Å²) >= 11 is 0. The minimum Gasteiger partial charge on any atom is -0.311 e. The molecule has 0 bridgehead atoms. The van der Waals surface area contributed by atoms with Crippen LogP contribution in [0, 0.1) is 6.92 Å². The molecule has 0 fully saturated rings. The van der Waals surface area contributed by atoms with E-state index in [1.165, 1.54) is 106 Å². The van der Waals surface area contributed by atoms with Crippen molar-refractivity contribution >= 4 is 57.2 Å². The predicted molar refractivity (Wildman–Crippen MR) is 278 cm³/mol. The highest BCUT2D eigenvalue weighted by Crippen LogP contribution is 2.53. The van der Waals surface area contributed by atoms with E-state index in [-0.39, 0.29) is 17.5 Å². The third kappa shape index (κ3) is 6.16. The van der Waals surface area contributed by atoms with Gasteiger partial charge in [-0.2, -0.15) is 0 Å². The minimum atomic E-state index is -0.109. The van der Waals surface area contributed by atoms with E-state index in [9.17, 15) is 0 Å². The van der Waals surface area contributed by atoms with E-state index in [4.69, 9.17) is 0 Å². The Kier molecular flexibility index (Phi) is 8.81. The maximum Gasteiger partial charge on any atom is 0.252 e. The molecule has 0 saturated heterocycles. The number of hydrogen-bond acceptors (Lipinski definition) is 2. The first-order valence-corrected chi connectivity index (χ1v) is 23.1. The first kappa shape index (κ1) is 39.3. The lowest BCUT2D eigenvalue weighted by Gasteiger charge is -2.45. The van der Waals surface area contributed by atoms with Gasteiger partial charge in [0.15, 0.2) is 0 Å². The van der Waals surface area contributed by atoms with Crippen molar-refractivity contribution in [1.29, 1.82) is 0 Å². The lowest BCUT2D eigenvalue weighted by molar-refractivity contribution is 0.590. The van der Waals surface area contributed by atoms with E-state index in [1.54, 1.807) is 0 Å². The lowest BCUT2D eigenvalue weighted by atomic mass is 9.33. The van der Waals surface area contributed by atoms with Crippen molar-refractivity contribution in [3.8, 4) is 44.5 Å². The van der Waals surface area contributed by atoms with Crippen LogP contribution in [0.25, 0.3) is 44.5 Å². The van der Waals surface area contributed by atoms with Crippen molar-refractivity contribution in [1.82, 2.24) is 0 Å². The Labute approximate surface area is 384 Å². The molecular formula is C62H51BN2. The summed E-state index contributed by atoms with van der Waals surface area (Å²) in [5.41, 5.74) is 26.5. The predicted octanol–water partition coefficient (Wildman–Crippen LogP) is 14.7. The molecule has 3 aliphatic rings. The van der Waals surface area contributed by atoms with E-state index in [0.717, 1.165) is 11.4 Å². The second-order valence-corrected chi connectivity index (χ2v) is 19.8. The fraction of sp³-hybridized carbons (Fsp3) is 0.129. The zero-order valence-corrected chi connectivity index (χ0v) is 38.0. The third-order valence-electron chi connectivity index (χ3n) is 14.4. The highest BCUT2D eigenvalue weighted by molar-refractivity contribution is 7.00. The molecule has 2 nitrogen and oxygen atoms in total. The van der Waals surface area contributed by atoms with Crippen LogP contribution in [0.1, 0.15) is 56.9 Å². The van der Waals surface area contributed by atoms with Crippen molar-refractivity contribution in [2.75, 3.05) is 9.80 Å². The second kappa shape index (κ2) is 14.6. The zero-order valence-electron chi connectivity index (χ0n) is 38.0. The first-order valence-electron chi connectivity index (χ1n) is 23.1. The van der Waals surface area contributed by atoms with Gasteiger partial charge >= 0.3 is 0 Å². The van der Waals surface area contributed by atoms with Crippen LogP contribution < -0.4 is 26.2 Å². The molecule has 65 heavy (non-hydrogen) atoms. The molecule has 0 atom stereocenters. The van der Waals surface area contributed by atoms with Gasteiger partial charge in [0, 0.05) is 39.5 Å². The Morgan fingerprint density at radius 3 is 1.62 bits per heavy atom. The zero-order chi connectivity index (χ0) is 44.2. The maximum absolute atomic E-state index is 2.56. The van der Waals surface area contributed by atoms with Crippen LogP contribution in [-0.2, 0) is 10.8 Å². The number of fused-ring (bicyclic) bond motifs is 7. The second-order valence-electron chi connectivity index (χ2n) is 19.8. The highest BCUT2D eigenvalue weighted by atomic mass is 15.2. The summed E-state index contributed by atoms with van der Waals surface area (Å²) in [7, 11) is 0. The van der Waals surface area contributed by atoms with Gasteiger partial charge in [-0.25, -0.2) is 0 Å². The lowest BCUT2D eigenvalue weighted by Crippen LogP contribution is -2.61. The van der Waals surface area contributed by atoms with E-state index in [1.807, 2.05) is 0 Å². The molecule has 12 rings (SSSR count). The molecule has 9 aromatic rings. The van der Waals surface area contributed by atoms with Crippen molar-refractivity contribution < 1.29 is 0 Å². The number of rotatable bonds is 5. The number of hydrogen-bond donors (Lipinski definition) is 0. The van der Waals surface area contributed by atoms with Gasteiger partial charge in [0.2, 0.25) is 0 Å². The summed E-state index contributed by atoms with van der Waals surface area (Å²) < 4.78 is 0. The number of aryl methyl sites for hydroxylation is 1. The molecule has 3 heteroatoms. The molecule has 2 aliphatic heterocycles. The Hall–Kier alpha value is -7.36. The van der Waals surface area contributed by atoms with Crippen molar-refractivity contribution in [3.63, 3.8) is 0 Å². The van der Waals surface area contributed by atoms with E-state index >= 15 is 0 Å². The van der Waals surface area contributed by atoms with E-state index in [0.29, 0.717) is 0 Å². The smallest absolute Gasteiger partial charge is 0.252 e. The van der Waals surface area contributed by atoms with Crippen molar-refractivity contribution in [2.24, 2.45) is 0 Å². The van der Waals surface area contributed by atoms with Gasteiger partial charge in [-0.15, -0.1) is 0 Å². The quantitative estimate of drug-likeness (QED) is 0.159. The maximum atomic E-state index is 2.56. The Balaban J connectivity index is 1.08. The highest BCUT2D eigenvalue weighted by Gasteiger charge is 2.44. The fourth-order valence-corrected chi connectivity index (χ4v) is 11.2.